The van der Waals surface area contributed by atoms with Crippen LogP contribution in [0.4, 0.5) is 0 Å². The molecule has 3 heteroatoms. The highest BCUT2D eigenvalue weighted by atomic mass is 16.6. The average molecular weight is 249 g/mol. The lowest BCUT2D eigenvalue weighted by Gasteiger charge is -2.22. The first-order valence-electron chi connectivity index (χ1n) is 6.64. The fraction of sp³-hybridized carbons (Fsp3) is 0.600. The second-order valence-electron chi connectivity index (χ2n) is 5.93. The van der Waals surface area contributed by atoms with Gasteiger partial charge in [-0.3, -0.25) is 0 Å². The van der Waals surface area contributed by atoms with E-state index in [4.69, 9.17) is 9.47 Å². The molecule has 3 nitrogen and oxygen atoms in total. The molecule has 18 heavy (non-hydrogen) atoms. The summed E-state index contributed by atoms with van der Waals surface area (Å²) >= 11 is 0. The molecule has 1 aliphatic rings. The maximum Gasteiger partial charge on any atom is 0.165 e. The third kappa shape index (κ3) is 3.64. The molecule has 0 atom stereocenters. The summed E-state index contributed by atoms with van der Waals surface area (Å²) in [7, 11) is 0. The normalized spacial score (nSPS) is 14.6. The van der Waals surface area contributed by atoms with Crippen LogP contribution in [0, 0.1) is 5.41 Å². The molecule has 100 valence electrons. The average Bonchev–Trinajstić information content (AvgIpc) is 2.33. The highest BCUT2D eigenvalue weighted by molar-refractivity contribution is 5.47. The Hall–Kier alpha value is -1.22. The molecule has 1 aliphatic heterocycles. The smallest absolute Gasteiger partial charge is 0.165 e. The van der Waals surface area contributed by atoms with E-state index in [1.165, 1.54) is 12.0 Å². The molecular formula is C15H23NO2. The van der Waals surface area contributed by atoms with Crippen LogP contribution in [-0.4, -0.2) is 19.8 Å². The monoisotopic (exact) mass is 249 g/mol. The zero-order valence-corrected chi connectivity index (χ0v) is 11.6. The lowest BCUT2D eigenvalue weighted by Crippen LogP contribution is -2.22. The zero-order chi connectivity index (χ0) is 13.0. The second-order valence-corrected chi connectivity index (χ2v) is 5.93. The lowest BCUT2D eigenvalue weighted by molar-refractivity contribution is 0.169. The molecule has 1 aromatic carbocycles. The van der Waals surface area contributed by atoms with Gasteiger partial charge in [-0.1, -0.05) is 32.9 Å². The van der Waals surface area contributed by atoms with E-state index in [9.17, 15) is 0 Å². The third-order valence-electron chi connectivity index (χ3n) is 3.01. The number of para-hydroxylation sites is 1. The van der Waals surface area contributed by atoms with Crippen LogP contribution < -0.4 is 14.8 Å². The number of hydrogen-bond donors (Lipinski definition) is 1. The molecule has 0 aliphatic carbocycles. The molecule has 0 unspecified atom stereocenters. The van der Waals surface area contributed by atoms with Gasteiger partial charge in [0.05, 0.1) is 0 Å². The number of hydrogen-bond acceptors (Lipinski definition) is 3. The van der Waals surface area contributed by atoms with Gasteiger partial charge in [-0.15, -0.1) is 0 Å². The van der Waals surface area contributed by atoms with E-state index in [1.54, 1.807) is 0 Å². The minimum absolute atomic E-state index is 0.378. The summed E-state index contributed by atoms with van der Waals surface area (Å²) in [6.45, 7) is 9.93. The van der Waals surface area contributed by atoms with Crippen LogP contribution in [0.15, 0.2) is 18.2 Å². The van der Waals surface area contributed by atoms with E-state index in [1.807, 2.05) is 12.1 Å². The first kappa shape index (κ1) is 13.2. The molecule has 0 saturated carbocycles. The molecule has 2 rings (SSSR count). The number of fused-ring (bicyclic) bond motifs is 1. The quantitative estimate of drug-likeness (QED) is 0.832. The van der Waals surface area contributed by atoms with Crippen LogP contribution >= 0.6 is 0 Å². The number of nitrogens with one attached hydrogen (secondary N) is 1. The first-order chi connectivity index (χ1) is 8.56. The number of rotatable bonds is 4. The summed E-state index contributed by atoms with van der Waals surface area (Å²) in [5.41, 5.74) is 1.56. The van der Waals surface area contributed by atoms with Gasteiger partial charge in [0.15, 0.2) is 11.5 Å². The Bertz CT molecular complexity index is 396. The predicted molar refractivity (Wildman–Crippen MR) is 73.2 cm³/mol. The highest BCUT2D eigenvalue weighted by Gasteiger charge is 2.15. The van der Waals surface area contributed by atoms with Crippen molar-refractivity contribution in [3.63, 3.8) is 0 Å². The van der Waals surface area contributed by atoms with E-state index in [-0.39, 0.29) is 0 Å². The van der Waals surface area contributed by atoms with E-state index < -0.39 is 0 Å². The van der Waals surface area contributed by atoms with E-state index in [0.29, 0.717) is 18.6 Å². The maximum absolute atomic E-state index is 5.69. The minimum Gasteiger partial charge on any atom is -0.486 e. The van der Waals surface area contributed by atoms with Crippen molar-refractivity contribution in [3.8, 4) is 11.5 Å². The van der Waals surface area contributed by atoms with Crippen molar-refractivity contribution in [1.29, 1.82) is 0 Å². The van der Waals surface area contributed by atoms with Gasteiger partial charge in [-0.2, -0.15) is 0 Å². The molecule has 0 saturated heterocycles. The summed E-state index contributed by atoms with van der Waals surface area (Å²) in [5, 5.41) is 3.47. The second kappa shape index (κ2) is 5.61. The molecule has 0 radical (unpaired) electrons. The Labute approximate surface area is 109 Å². The predicted octanol–water partition coefficient (Wildman–Crippen LogP) is 2.98. The van der Waals surface area contributed by atoms with Crippen molar-refractivity contribution >= 4 is 0 Å². The summed E-state index contributed by atoms with van der Waals surface area (Å²) in [6.07, 6.45) is 1.17. The van der Waals surface area contributed by atoms with Gasteiger partial charge < -0.3 is 14.8 Å². The van der Waals surface area contributed by atoms with Gasteiger partial charge in [0.25, 0.3) is 0 Å². The highest BCUT2D eigenvalue weighted by Crippen LogP contribution is 2.33. The molecular weight excluding hydrogens is 226 g/mol. The Morgan fingerprint density at radius 1 is 1.17 bits per heavy atom. The van der Waals surface area contributed by atoms with Gasteiger partial charge in [-0.25, -0.2) is 0 Å². The summed E-state index contributed by atoms with van der Waals surface area (Å²) < 4.78 is 11.3. The summed E-state index contributed by atoms with van der Waals surface area (Å²) in [6, 6.07) is 6.08. The fourth-order valence-electron chi connectivity index (χ4n) is 1.96. The molecule has 0 fully saturated rings. The fourth-order valence-corrected chi connectivity index (χ4v) is 1.96. The molecule has 0 aromatic heterocycles. The molecule has 0 spiro atoms. The van der Waals surface area contributed by atoms with Crippen molar-refractivity contribution in [2.75, 3.05) is 19.8 Å². The van der Waals surface area contributed by atoms with E-state index >= 15 is 0 Å². The van der Waals surface area contributed by atoms with Gasteiger partial charge >= 0.3 is 0 Å². The number of benzene rings is 1. The molecule has 0 amide bonds. The molecule has 1 N–H and O–H groups in total. The Kier molecular flexibility index (Phi) is 4.12. The maximum atomic E-state index is 5.69. The standard InChI is InChI=1S/C15H23NO2/c1-15(2,3)7-8-16-11-12-5-4-6-13-14(12)18-10-9-17-13/h4-6,16H,7-11H2,1-3H3. The van der Waals surface area contributed by atoms with Crippen LogP contribution in [0.5, 0.6) is 11.5 Å². The largest absolute Gasteiger partial charge is 0.486 e. The van der Waals surface area contributed by atoms with Crippen LogP contribution in [0.1, 0.15) is 32.8 Å². The SMILES string of the molecule is CC(C)(C)CCNCc1cccc2c1OCCO2. The summed E-state index contributed by atoms with van der Waals surface area (Å²) in [5.74, 6) is 1.78. The van der Waals surface area contributed by atoms with Gasteiger partial charge in [-0.05, 0) is 24.4 Å². The molecule has 1 aromatic rings. The Morgan fingerprint density at radius 3 is 2.72 bits per heavy atom. The molecule has 1 heterocycles. The summed E-state index contributed by atoms with van der Waals surface area (Å²) in [4.78, 5) is 0. The van der Waals surface area contributed by atoms with Crippen molar-refractivity contribution in [2.24, 2.45) is 5.41 Å². The van der Waals surface area contributed by atoms with Crippen molar-refractivity contribution in [1.82, 2.24) is 5.32 Å². The van der Waals surface area contributed by atoms with Crippen LogP contribution in [0.3, 0.4) is 0 Å². The van der Waals surface area contributed by atoms with E-state index in [0.717, 1.165) is 24.6 Å². The zero-order valence-electron chi connectivity index (χ0n) is 11.6. The van der Waals surface area contributed by atoms with Gasteiger partial charge in [0.2, 0.25) is 0 Å². The molecule has 0 bridgehead atoms. The van der Waals surface area contributed by atoms with Crippen LogP contribution in [0.25, 0.3) is 0 Å². The number of ether oxygens (including phenoxy) is 2. The Morgan fingerprint density at radius 2 is 1.94 bits per heavy atom. The van der Waals surface area contributed by atoms with Gasteiger partial charge in [0, 0.05) is 12.1 Å². The Balaban J connectivity index is 1.90. The third-order valence-corrected chi connectivity index (χ3v) is 3.01. The van der Waals surface area contributed by atoms with Crippen molar-refractivity contribution in [3.05, 3.63) is 23.8 Å². The van der Waals surface area contributed by atoms with Crippen molar-refractivity contribution in [2.45, 2.75) is 33.7 Å². The van der Waals surface area contributed by atoms with Crippen LogP contribution in [0.2, 0.25) is 0 Å². The van der Waals surface area contributed by atoms with E-state index in [2.05, 4.69) is 32.2 Å². The van der Waals surface area contributed by atoms with Gasteiger partial charge in [0.1, 0.15) is 13.2 Å². The lowest BCUT2D eigenvalue weighted by atomic mass is 9.92. The van der Waals surface area contributed by atoms with Crippen LogP contribution in [-0.2, 0) is 6.54 Å². The minimum atomic E-state index is 0.378. The van der Waals surface area contributed by atoms with Crippen molar-refractivity contribution < 1.29 is 9.47 Å². The first-order valence-corrected chi connectivity index (χ1v) is 6.64. The topological polar surface area (TPSA) is 30.5 Å².